The predicted molar refractivity (Wildman–Crippen MR) is 80.3 cm³/mol. The molecule has 2 heterocycles. The van der Waals surface area contributed by atoms with Gasteiger partial charge in [-0.15, -0.1) is 0 Å². The number of rotatable bonds is 2. The van der Waals surface area contributed by atoms with E-state index in [-0.39, 0.29) is 17.0 Å². The number of aromatic nitrogens is 5. The van der Waals surface area contributed by atoms with E-state index >= 15 is 0 Å². The Balaban J connectivity index is 2.71. The maximum atomic E-state index is 12.1. The summed E-state index contributed by atoms with van der Waals surface area (Å²) in [5.74, 6) is 0.541. The topological polar surface area (TPSA) is 79.4 Å². The second kappa shape index (κ2) is 4.97. The van der Waals surface area contributed by atoms with Crippen LogP contribution in [0.2, 0.25) is 0 Å². The maximum Gasteiger partial charge on any atom is 0.275 e. The summed E-state index contributed by atoms with van der Waals surface area (Å²) in [5, 5.41) is 13.6. The van der Waals surface area contributed by atoms with Gasteiger partial charge in [0.25, 0.3) is 5.56 Å². The first-order valence-electron chi connectivity index (χ1n) is 6.49. The average Bonchev–Trinajstić information content (AvgIpc) is 2.70. The lowest BCUT2D eigenvalue weighted by molar-refractivity contribution is 0.556. The lowest BCUT2D eigenvalue weighted by Gasteiger charge is -2.17. The molecular weight excluding hydrogens is 274 g/mol. The summed E-state index contributed by atoms with van der Waals surface area (Å²) in [6.07, 6.45) is 0. The zero-order valence-electron chi connectivity index (χ0n) is 12.3. The van der Waals surface area contributed by atoms with Crippen molar-refractivity contribution in [2.24, 2.45) is 0 Å². The molecule has 0 radical (unpaired) electrons. The van der Waals surface area contributed by atoms with Gasteiger partial charge in [-0.1, -0.05) is 20.8 Å². The van der Waals surface area contributed by atoms with E-state index in [1.807, 2.05) is 39.2 Å². The predicted octanol–water partition coefficient (Wildman–Crippen LogP) is 2.57. The van der Waals surface area contributed by atoms with Crippen molar-refractivity contribution in [2.45, 2.75) is 46.1 Å². The molecular formula is C13H19N5OS. The van der Waals surface area contributed by atoms with Crippen molar-refractivity contribution in [1.29, 1.82) is 0 Å². The molecule has 2 aromatic heterocycles. The second-order valence-corrected chi connectivity index (χ2v) is 6.45. The first-order chi connectivity index (χ1) is 9.21. The largest absolute Gasteiger partial charge is 0.297 e. The fourth-order valence-electron chi connectivity index (χ4n) is 1.93. The Hall–Kier alpha value is -1.76. The molecule has 6 nitrogen and oxygen atoms in total. The summed E-state index contributed by atoms with van der Waals surface area (Å²) >= 11 is 5.22. The number of aromatic amines is 2. The van der Waals surface area contributed by atoms with Crippen molar-refractivity contribution in [3.8, 4) is 11.4 Å². The van der Waals surface area contributed by atoms with Gasteiger partial charge in [0.15, 0.2) is 10.6 Å². The van der Waals surface area contributed by atoms with Crippen molar-refractivity contribution < 1.29 is 0 Å². The van der Waals surface area contributed by atoms with Crippen LogP contribution in [0.1, 0.15) is 46.4 Å². The van der Waals surface area contributed by atoms with Crippen LogP contribution in [0.25, 0.3) is 11.4 Å². The molecule has 2 rings (SSSR count). The van der Waals surface area contributed by atoms with Crippen LogP contribution < -0.4 is 5.56 Å². The molecule has 0 spiro atoms. The Morgan fingerprint density at radius 3 is 2.45 bits per heavy atom. The van der Waals surface area contributed by atoms with Gasteiger partial charge >= 0.3 is 0 Å². The van der Waals surface area contributed by atoms with Gasteiger partial charge in [0, 0.05) is 11.5 Å². The Bertz CT molecular complexity index is 732. The van der Waals surface area contributed by atoms with E-state index in [1.165, 1.54) is 0 Å². The van der Waals surface area contributed by atoms with E-state index in [0.717, 1.165) is 5.69 Å². The highest BCUT2D eigenvalue weighted by atomic mass is 32.1. The molecule has 0 aliphatic carbocycles. The van der Waals surface area contributed by atoms with Crippen molar-refractivity contribution in [3.63, 3.8) is 0 Å². The molecule has 0 aliphatic heterocycles. The van der Waals surface area contributed by atoms with Crippen LogP contribution in [-0.2, 0) is 5.41 Å². The normalized spacial score (nSPS) is 12.1. The van der Waals surface area contributed by atoms with Gasteiger partial charge in [0.05, 0.1) is 11.3 Å². The van der Waals surface area contributed by atoms with Crippen LogP contribution >= 0.6 is 12.2 Å². The standard InChI is InChI=1S/C13H19N5OS/c1-7(2)18-10(15-17-12(18)20)8-6-9(13(3,4)5)14-16-11(8)19/h6-7H,1-5H3,(H,16,19)(H,17,20). The first-order valence-corrected chi connectivity index (χ1v) is 6.90. The third-order valence-electron chi connectivity index (χ3n) is 3.03. The lowest BCUT2D eigenvalue weighted by atomic mass is 9.91. The van der Waals surface area contributed by atoms with Gasteiger partial charge in [0.1, 0.15) is 0 Å². The third kappa shape index (κ3) is 2.58. The highest BCUT2D eigenvalue weighted by molar-refractivity contribution is 7.71. The monoisotopic (exact) mass is 293 g/mol. The van der Waals surface area contributed by atoms with Crippen LogP contribution in [0.3, 0.4) is 0 Å². The van der Waals surface area contributed by atoms with Crippen molar-refractivity contribution in [1.82, 2.24) is 25.0 Å². The Kier molecular flexibility index (Phi) is 3.64. The van der Waals surface area contributed by atoms with Crippen LogP contribution in [0.5, 0.6) is 0 Å². The van der Waals surface area contributed by atoms with Crippen molar-refractivity contribution in [3.05, 3.63) is 26.9 Å². The van der Waals surface area contributed by atoms with Gasteiger partial charge in [-0.2, -0.15) is 10.2 Å². The van der Waals surface area contributed by atoms with Crippen LogP contribution in [0.4, 0.5) is 0 Å². The number of nitrogens with zero attached hydrogens (tertiary/aromatic N) is 3. The molecule has 0 saturated carbocycles. The molecule has 20 heavy (non-hydrogen) atoms. The smallest absolute Gasteiger partial charge is 0.275 e. The van der Waals surface area contributed by atoms with E-state index in [2.05, 4.69) is 20.4 Å². The van der Waals surface area contributed by atoms with Gasteiger partial charge in [-0.25, -0.2) is 5.10 Å². The van der Waals surface area contributed by atoms with Gasteiger partial charge in [-0.3, -0.25) is 14.5 Å². The molecule has 0 atom stereocenters. The van der Waals surface area contributed by atoms with Crippen LogP contribution in [0.15, 0.2) is 10.9 Å². The molecule has 108 valence electrons. The summed E-state index contributed by atoms with van der Waals surface area (Å²) in [6.45, 7) is 10.1. The van der Waals surface area contributed by atoms with Crippen LogP contribution in [-0.4, -0.2) is 25.0 Å². The molecule has 0 unspecified atom stereocenters. The number of hydrogen-bond acceptors (Lipinski definition) is 4. The molecule has 0 amide bonds. The minimum Gasteiger partial charge on any atom is -0.297 e. The summed E-state index contributed by atoms with van der Waals surface area (Å²) in [5.41, 5.74) is 0.852. The first kappa shape index (κ1) is 14.6. The Morgan fingerprint density at radius 2 is 1.90 bits per heavy atom. The van der Waals surface area contributed by atoms with E-state index < -0.39 is 0 Å². The Labute approximate surface area is 122 Å². The highest BCUT2D eigenvalue weighted by Gasteiger charge is 2.21. The molecule has 0 saturated heterocycles. The quantitative estimate of drug-likeness (QED) is 0.834. The number of hydrogen-bond donors (Lipinski definition) is 2. The van der Waals surface area contributed by atoms with E-state index in [1.54, 1.807) is 6.07 Å². The SMILES string of the molecule is CC(C)n1c(-c2cc(C(C)(C)C)n[nH]c2=O)n[nH]c1=S. The molecule has 0 fully saturated rings. The molecule has 0 aliphatic rings. The summed E-state index contributed by atoms with van der Waals surface area (Å²) in [6, 6.07) is 1.89. The molecule has 2 aromatic rings. The van der Waals surface area contributed by atoms with Gasteiger partial charge in [0.2, 0.25) is 0 Å². The van der Waals surface area contributed by atoms with E-state index in [4.69, 9.17) is 12.2 Å². The number of nitrogens with one attached hydrogen (secondary N) is 2. The molecule has 7 heteroatoms. The van der Waals surface area contributed by atoms with Gasteiger partial charge < -0.3 is 0 Å². The zero-order chi connectivity index (χ0) is 15.1. The fraction of sp³-hybridized carbons (Fsp3) is 0.538. The summed E-state index contributed by atoms with van der Waals surface area (Å²) in [7, 11) is 0. The van der Waals surface area contributed by atoms with Gasteiger partial charge in [-0.05, 0) is 32.1 Å². The number of H-pyrrole nitrogens is 2. The maximum absolute atomic E-state index is 12.1. The fourth-order valence-corrected chi connectivity index (χ4v) is 2.27. The molecule has 2 N–H and O–H groups in total. The van der Waals surface area contributed by atoms with E-state index in [9.17, 15) is 4.79 Å². The van der Waals surface area contributed by atoms with Crippen LogP contribution in [0, 0.1) is 4.77 Å². The zero-order valence-corrected chi connectivity index (χ0v) is 13.1. The summed E-state index contributed by atoms with van der Waals surface area (Å²) in [4.78, 5) is 12.1. The molecule has 0 aromatic carbocycles. The third-order valence-corrected chi connectivity index (χ3v) is 3.32. The minimum absolute atomic E-state index is 0.113. The molecule has 0 bridgehead atoms. The summed E-state index contributed by atoms with van der Waals surface area (Å²) < 4.78 is 2.33. The average molecular weight is 293 g/mol. The van der Waals surface area contributed by atoms with E-state index in [0.29, 0.717) is 16.2 Å². The lowest BCUT2D eigenvalue weighted by Crippen LogP contribution is -2.21. The highest BCUT2D eigenvalue weighted by Crippen LogP contribution is 2.23. The van der Waals surface area contributed by atoms with Crippen molar-refractivity contribution in [2.75, 3.05) is 0 Å². The van der Waals surface area contributed by atoms with Crippen molar-refractivity contribution >= 4 is 12.2 Å². The Morgan fingerprint density at radius 1 is 1.25 bits per heavy atom. The second-order valence-electron chi connectivity index (χ2n) is 6.06. The minimum atomic E-state index is -0.270.